The lowest BCUT2D eigenvalue weighted by molar-refractivity contribution is -0.140. The average molecular weight is 261 g/mol. The number of aliphatic carboxylic acids is 1. The summed E-state index contributed by atoms with van der Waals surface area (Å²) in [4.78, 5) is 24.1. The summed E-state index contributed by atoms with van der Waals surface area (Å²) in [5.74, 6) is -1.03. The van der Waals surface area contributed by atoms with Gasteiger partial charge in [-0.15, -0.1) is 0 Å². The number of amides is 1. The van der Waals surface area contributed by atoms with Crippen molar-refractivity contribution in [3.63, 3.8) is 0 Å². The molecule has 2 aliphatic rings. The van der Waals surface area contributed by atoms with Crippen LogP contribution in [0.3, 0.4) is 0 Å². The van der Waals surface area contributed by atoms with Crippen LogP contribution in [-0.2, 0) is 16.1 Å². The first-order valence-corrected chi connectivity index (χ1v) is 6.29. The van der Waals surface area contributed by atoms with Gasteiger partial charge in [0.25, 0.3) is 0 Å². The van der Waals surface area contributed by atoms with Crippen LogP contribution in [-0.4, -0.2) is 35.2 Å². The summed E-state index contributed by atoms with van der Waals surface area (Å²) in [6, 6.07) is 9.48. The zero-order chi connectivity index (χ0) is 13.5. The molecule has 3 rings (SSSR count). The first-order valence-electron chi connectivity index (χ1n) is 6.29. The van der Waals surface area contributed by atoms with E-state index >= 15 is 0 Å². The molecule has 1 aliphatic heterocycles. The number of hydrogen-bond acceptors (Lipinski definition) is 3. The molecule has 1 heterocycles. The van der Waals surface area contributed by atoms with Crippen molar-refractivity contribution >= 4 is 12.1 Å². The third kappa shape index (κ3) is 2.16. The maximum absolute atomic E-state index is 11.7. The molecule has 19 heavy (non-hydrogen) atoms. The van der Waals surface area contributed by atoms with Crippen LogP contribution in [0.15, 0.2) is 30.3 Å². The second-order valence-corrected chi connectivity index (χ2v) is 5.35. The van der Waals surface area contributed by atoms with Crippen LogP contribution in [0.4, 0.5) is 4.79 Å². The van der Waals surface area contributed by atoms with Crippen LogP contribution < -0.4 is 0 Å². The van der Waals surface area contributed by atoms with E-state index in [9.17, 15) is 9.59 Å². The summed E-state index contributed by atoms with van der Waals surface area (Å²) in [7, 11) is 0. The van der Waals surface area contributed by atoms with E-state index in [4.69, 9.17) is 9.84 Å². The SMILES string of the molecule is O=C(O)C1CC12CN(C(=O)OCc1ccccc1)C2. The third-order valence-electron chi connectivity index (χ3n) is 3.96. The highest BCUT2D eigenvalue weighted by atomic mass is 16.6. The van der Waals surface area contributed by atoms with E-state index in [1.54, 1.807) is 4.90 Å². The van der Waals surface area contributed by atoms with E-state index in [0.717, 1.165) is 5.56 Å². The lowest BCUT2D eigenvalue weighted by Crippen LogP contribution is -2.53. The monoisotopic (exact) mass is 261 g/mol. The summed E-state index contributed by atoms with van der Waals surface area (Å²) in [6.07, 6.45) is 0.329. The van der Waals surface area contributed by atoms with Gasteiger partial charge in [-0.05, 0) is 12.0 Å². The zero-order valence-corrected chi connectivity index (χ0v) is 10.4. The number of carboxylic acids is 1. The van der Waals surface area contributed by atoms with E-state index in [-0.39, 0.29) is 24.0 Å². The molecule has 1 aromatic carbocycles. The van der Waals surface area contributed by atoms with Crippen molar-refractivity contribution in [3.05, 3.63) is 35.9 Å². The van der Waals surface area contributed by atoms with Crippen LogP contribution in [0.2, 0.25) is 0 Å². The summed E-state index contributed by atoms with van der Waals surface area (Å²) in [6.45, 7) is 1.28. The fraction of sp³-hybridized carbons (Fsp3) is 0.429. The molecule has 1 spiro atoms. The van der Waals surface area contributed by atoms with Crippen molar-refractivity contribution in [2.45, 2.75) is 13.0 Å². The molecule has 1 aromatic rings. The Kier molecular flexibility index (Phi) is 2.69. The van der Waals surface area contributed by atoms with Crippen molar-refractivity contribution in [3.8, 4) is 0 Å². The summed E-state index contributed by atoms with van der Waals surface area (Å²) >= 11 is 0. The van der Waals surface area contributed by atoms with Crippen LogP contribution in [0, 0.1) is 11.3 Å². The summed E-state index contributed by atoms with van der Waals surface area (Å²) in [5.41, 5.74) is 0.790. The second-order valence-electron chi connectivity index (χ2n) is 5.35. The topological polar surface area (TPSA) is 66.8 Å². The average Bonchev–Trinajstić information content (AvgIpc) is 3.11. The van der Waals surface area contributed by atoms with Gasteiger partial charge in [0, 0.05) is 18.5 Å². The standard InChI is InChI=1S/C14H15NO4/c16-12(17)11-6-14(11)8-15(9-14)13(18)19-7-10-4-2-1-3-5-10/h1-5,11H,6-9H2,(H,16,17). The van der Waals surface area contributed by atoms with Crippen molar-refractivity contribution in [2.24, 2.45) is 11.3 Å². The molecular formula is C14H15NO4. The summed E-state index contributed by atoms with van der Waals surface area (Å²) in [5, 5.41) is 8.90. The Morgan fingerprint density at radius 3 is 2.58 bits per heavy atom. The molecule has 5 nitrogen and oxygen atoms in total. The van der Waals surface area contributed by atoms with E-state index in [1.165, 1.54) is 0 Å². The first-order chi connectivity index (χ1) is 9.11. The molecule has 100 valence electrons. The Labute approximate surface area is 110 Å². The van der Waals surface area contributed by atoms with Gasteiger partial charge < -0.3 is 14.7 Å². The van der Waals surface area contributed by atoms with Crippen LogP contribution in [0.5, 0.6) is 0 Å². The number of ether oxygens (including phenoxy) is 1. The molecule has 0 radical (unpaired) electrons. The number of hydrogen-bond donors (Lipinski definition) is 1. The molecule has 0 aromatic heterocycles. The van der Waals surface area contributed by atoms with Gasteiger partial charge in [-0.3, -0.25) is 4.79 Å². The lowest BCUT2D eigenvalue weighted by atomic mass is 9.94. The van der Waals surface area contributed by atoms with Crippen LogP contribution in [0.1, 0.15) is 12.0 Å². The third-order valence-corrected chi connectivity index (χ3v) is 3.96. The Balaban J connectivity index is 1.45. The van der Waals surface area contributed by atoms with Gasteiger partial charge >= 0.3 is 12.1 Å². The van der Waals surface area contributed by atoms with Crippen molar-refractivity contribution in [1.29, 1.82) is 0 Å². The van der Waals surface area contributed by atoms with E-state index in [2.05, 4.69) is 0 Å². The number of rotatable bonds is 3. The minimum atomic E-state index is -0.752. The second kappa shape index (κ2) is 4.26. The van der Waals surface area contributed by atoms with Gasteiger partial charge in [0.2, 0.25) is 0 Å². The molecule has 2 fully saturated rings. The predicted molar refractivity (Wildman–Crippen MR) is 66.4 cm³/mol. The van der Waals surface area contributed by atoms with E-state index in [0.29, 0.717) is 19.5 Å². The molecule has 5 heteroatoms. The Hall–Kier alpha value is -2.04. The highest BCUT2D eigenvalue weighted by Crippen LogP contribution is 2.58. The Morgan fingerprint density at radius 2 is 2.00 bits per heavy atom. The van der Waals surface area contributed by atoms with Gasteiger partial charge in [0.05, 0.1) is 5.92 Å². The predicted octanol–water partition coefficient (Wildman–Crippen LogP) is 1.73. The van der Waals surface area contributed by atoms with Gasteiger partial charge in [-0.1, -0.05) is 30.3 Å². The normalized spacial score (nSPS) is 22.7. The molecule has 1 atom stereocenters. The molecule has 1 aliphatic carbocycles. The molecule has 1 unspecified atom stereocenters. The van der Waals surface area contributed by atoms with E-state index < -0.39 is 5.97 Å². The number of benzene rings is 1. The van der Waals surface area contributed by atoms with Gasteiger partial charge in [-0.2, -0.15) is 0 Å². The maximum atomic E-state index is 11.7. The van der Waals surface area contributed by atoms with Crippen molar-refractivity contribution in [2.75, 3.05) is 13.1 Å². The van der Waals surface area contributed by atoms with Gasteiger partial charge in [0.1, 0.15) is 6.61 Å². The molecule has 1 saturated carbocycles. The number of nitrogens with zero attached hydrogens (tertiary/aromatic N) is 1. The fourth-order valence-electron chi connectivity index (χ4n) is 2.70. The van der Waals surface area contributed by atoms with Crippen molar-refractivity contribution < 1.29 is 19.4 Å². The van der Waals surface area contributed by atoms with Gasteiger partial charge in [-0.25, -0.2) is 4.79 Å². The number of likely N-dealkylation sites (tertiary alicyclic amines) is 1. The molecule has 1 N–H and O–H groups in total. The largest absolute Gasteiger partial charge is 0.481 e. The van der Waals surface area contributed by atoms with Gasteiger partial charge in [0.15, 0.2) is 0 Å². The van der Waals surface area contributed by atoms with E-state index in [1.807, 2.05) is 30.3 Å². The first kappa shape index (κ1) is 12.0. The highest BCUT2D eigenvalue weighted by molar-refractivity contribution is 5.77. The smallest absolute Gasteiger partial charge is 0.410 e. The molecule has 1 amide bonds. The Morgan fingerprint density at radius 1 is 1.32 bits per heavy atom. The minimum absolute atomic E-state index is 0.155. The van der Waals surface area contributed by atoms with Crippen LogP contribution >= 0.6 is 0 Å². The van der Waals surface area contributed by atoms with Crippen molar-refractivity contribution in [1.82, 2.24) is 4.90 Å². The number of carbonyl (C=O) groups is 2. The lowest BCUT2D eigenvalue weighted by Gasteiger charge is -2.39. The number of carboxylic acid groups (broad SMARTS) is 1. The summed E-state index contributed by atoms with van der Waals surface area (Å²) < 4.78 is 5.19. The minimum Gasteiger partial charge on any atom is -0.481 e. The molecular weight excluding hydrogens is 246 g/mol. The maximum Gasteiger partial charge on any atom is 0.410 e. The Bertz CT molecular complexity index is 507. The van der Waals surface area contributed by atoms with Crippen LogP contribution in [0.25, 0.3) is 0 Å². The quantitative estimate of drug-likeness (QED) is 0.899. The number of carbonyl (C=O) groups excluding carboxylic acids is 1. The fourth-order valence-corrected chi connectivity index (χ4v) is 2.70. The zero-order valence-electron chi connectivity index (χ0n) is 10.4. The molecule has 1 saturated heterocycles. The molecule has 0 bridgehead atoms. The highest BCUT2D eigenvalue weighted by Gasteiger charge is 2.66.